The number of para-hydroxylation sites is 1. The predicted molar refractivity (Wildman–Crippen MR) is 92.6 cm³/mol. The van der Waals surface area contributed by atoms with Crippen molar-refractivity contribution in [2.24, 2.45) is 0 Å². The lowest BCUT2D eigenvalue weighted by molar-refractivity contribution is -0.148. The molecule has 0 aliphatic rings. The average Bonchev–Trinajstić information content (AvgIpc) is 2.55. The van der Waals surface area contributed by atoms with E-state index in [-0.39, 0.29) is 6.54 Å². The molecule has 1 N–H and O–H groups in total. The molecule has 6 nitrogen and oxygen atoms in total. The van der Waals surface area contributed by atoms with Crippen LogP contribution in [-0.4, -0.2) is 42.9 Å². The highest BCUT2D eigenvalue weighted by Gasteiger charge is 2.15. The maximum Gasteiger partial charge on any atom is 0.331 e. The third-order valence-corrected chi connectivity index (χ3v) is 3.16. The zero-order valence-corrected chi connectivity index (χ0v) is 14.2. The Balaban J connectivity index is 2.42. The lowest BCUT2D eigenvalue weighted by atomic mass is 10.3. The van der Waals surface area contributed by atoms with E-state index in [0.29, 0.717) is 10.7 Å². The third-order valence-electron chi connectivity index (χ3n) is 2.83. The van der Waals surface area contributed by atoms with Crippen molar-refractivity contribution < 1.29 is 19.1 Å². The molecule has 0 atom stereocenters. The van der Waals surface area contributed by atoms with Gasteiger partial charge in [-0.25, -0.2) is 4.79 Å². The van der Waals surface area contributed by atoms with Gasteiger partial charge in [0, 0.05) is 13.1 Å². The number of nitrogens with one attached hydrogen (secondary N) is 1. The van der Waals surface area contributed by atoms with Crippen molar-refractivity contribution in [1.29, 1.82) is 0 Å². The van der Waals surface area contributed by atoms with Crippen LogP contribution in [-0.2, 0) is 19.1 Å². The molecule has 0 unspecified atom stereocenters. The molecule has 0 heterocycles. The number of esters is 1. The van der Waals surface area contributed by atoms with E-state index in [1.807, 2.05) is 6.92 Å². The van der Waals surface area contributed by atoms with Crippen LogP contribution in [0.1, 0.15) is 6.92 Å². The van der Waals surface area contributed by atoms with Gasteiger partial charge in [0.1, 0.15) is 0 Å². The van der Waals surface area contributed by atoms with E-state index in [1.165, 1.54) is 19.2 Å². The quantitative estimate of drug-likeness (QED) is 0.465. The number of allylic oxidation sites excluding steroid dienone is 3. The van der Waals surface area contributed by atoms with Crippen molar-refractivity contribution in [3.63, 3.8) is 0 Å². The first-order valence-electron chi connectivity index (χ1n) is 7.18. The van der Waals surface area contributed by atoms with Gasteiger partial charge in [-0.3, -0.25) is 9.59 Å². The van der Waals surface area contributed by atoms with Crippen LogP contribution in [0.4, 0.5) is 5.69 Å². The fourth-order valence-electron chi connectivity index (χ4n) is 1.59. The van der Waals surface area contributed by atoms with Crippen molar-refractivity contribution in [3.8, 4) is 0 Å². The number of likely N-dealkylation sites (N-methyl/N-ethyl adjacent to an activating group) is 1. The molecule has 0 aliphatic carbocycles. The molecule has 24 heavy (non-hydrogen) atoms. The van der Waals surface area contributed by atoms with E-state index < -0.39 is 24.4 Å². The van der Waals surface area contributed by atoms with Crippen molar-refractivity contribution in [1.82, 2.24) is 4.90 Å². The number of carbonyl (C=O) groups excluding carboxylic acids is 3. The highest BCUT2D eigenvalue weighted by molar-refractivity contribution is 6.33. The molecule has 1 aromatic rings. The molecule has 0 spiro atoms. The molecule has 0 radical (unpaired) electrons. The first-order valence-corrected chi connectivity index (χ1v) is 7.56. The summed E-state index contributed by atoms with van der Waals surface area (Å²) in [4.78, 5) is 36.2. The topological polar surface area (TPSA) is 75.7 Å². The fourth-order valence-corrected chi connectivity index (χ4v) is 1.78. The number of hydrogen-bond donors (Lipinski definition) is 1. The van der Waals surface area contributed by atoms with Gasteiger partial charge in [-0.2, -0.15) is 0 Å². The van der Waals surface area contributed by atoms with Crippen LogP contribution in [0.2, 0.25) is 5.02 Å². The minimum Gasteiger partial charge on any atom is -0.452 e. The molecule has 0 aliphatic heterocycles. The van der Waals surface area contributed by atoms with Gasteiger partial charge in [-0.15, -0.1) is 0 Å². The Labute approximate surface area is 145 Å². The van der Waals surface area contributed by atoms with Gasteiger partial charge < -0.3 is 15.0 Å². The van der Waals surface area contributed by atoms with Crippen LogP contribution < -0.4 is 5.32 Å². The van der Waals surface area contributed by atoms with Crippen LogP contribution in [0.25, 0.3) is 0 Å². The molecular weight excluding hydrogens is 332 g/mol. The molecule has 0 aromatic heterocycles. The first-order chi connectivity index (χ1) is 11.4. The first kappa shape index (κ1) is 19.4. The Morgan fingerprint density at radius 2 is 1.96 bits per heavy atom. The molecule has 0 saturated carbocycles. The molecular formula is C17H19ClN2O4. The highest BCUT2D eigenvalue weighted by atomic mass is 35.5. The standard InChI is InChI=1S/C17H19ClN2O4/c1-3-4-5-10-17(23)24-12-16(22)20(2)11-15(21)19-14-9-7-6-8-13(14)18/h3-10H,11-12H2,1-2H3,(H,19,21)/b4-3+,10-5+. The number of anilines is 1. The summed E-state index contributed by atoms with van der Waals surface area (Å²) < 4.78 is 4.79. The summed E-state index contributed by atoms with van der Waals surface area (Å²) in [5.41, 5.74) is 0.463. The zero-order valence-electron chi connectivity index (χ0n) is 13.5. The highest BCUT2D eigenvalue weighted by Crippen LogP contribution is 2.20. The van der Waals surface area contributed by atoms with Gasteiger partial charge in [0.25, 0.3) is 5.91 Å². The second-order valence-electron chi connectivity index (χ2n) is 4.77. The summed E-state index contributed by atoms with van der Waals surface area (Å²) in [5, 5.41) is 3.01. The SMILES string of the molecule is C/C=C/C=C/C(=O)OCC(=O)N(C)CC(=O)Nc1ccccc1Cl. The Morgan fingerprint density at radius 3 is 2.62 bits per heavy atom. The van der Waals surface area contributed by atoms with Crippen LogP contribution in [0.3, 0.4) is 0 Å². The van der Waals surface area contributed by atoms with Crippen molar-refractivity contribution in [3.05, 3.63) is 53.6 Å². The lowest BCUT2D eigenvalue weighted by Gasteiger charge is -2.16. The normalized spacial score (nSPS) is 10.8. The summed E-state index contributed by atoms with van der Waals surface area (Å²) in [5.74, 6) is -1.52. The van der Waals surface area contributed by atoms with Gasteiger partial charge in [0.15, 0.2) is 6.61 Å². The largest absolute Gasteiger partial charge is 0.452 e. The number of benzene rings is 1. The number of nitrogens with zero attached hydrogens (tertiary/aromatic N) is 1. The van der Waals surface area contributed by atoms with Gasteiger partial charge >= 0.3 is 5.97 Å². The van der Waals surface area contributed by atoms with E-state index >= 15 is 0 Å². The van der Waals surface area contributed by atoms with Crippen LogP contribution >= 0.6 is 11.6 Å². The van der Waals surface area contributed by atoms with Gasteiger partial charge in [-0.1, -0.05) is 42.0 Å². The second kappa shape index (κ2) is 10.2. The third kappa shape index (κ3) is 7.11. The van der Waals surface area contributed by atoms with E-state index in [4.69, 9.17) is 16.3 Å². The summed E-state index contributed by atoms with van der Waals surface area (Å²) in [6.45, 7) is 1.19. The molecule has 1 aromatic carbocycles. The molecule has 7 heteroatoms. The van der Waals surface area contributed by atoms with E-state index in [1.54, 1.807) is 36.4 Å². The molecule has 2 amide bonds. The zero-order chi connectivity index (χ0) is 17.9. The Bertz CT molecular complexity index is 656. The summed E-state index contributed by atoms with van der Waals surface area (Å²) in [6.07, 6.45) is 6.12. The maximum atomic E-state index is 11.9. The Kier molecular flexibility index (Phi) is 8.29. The van der Waals surface area contributed by atoms with Gasteiger partial charge in [-0.05, 0) is 19.1 Å². The minimum atomic E-state index is -0.629. The van der Waals surface area contributed by atoms with Crippen molar-refractivity contribution >= 4 is 35.1 Å². The summed E-state index contributed by atoms with van der Waals surface area (Å²) in [6, 6.07) is 6.78. The average molecular weight is 351 g/mol. The van der Waals surface area contributed by atoms with Gasteiger partial charge in [0.05, 0.1) is 17.3 Å². The van der Waals surface area contributed by atoms with Crippen LogP contribution in [0.15, 0.2) is 48.6 Å². The number of amides is 2. The molecule has 1 rings (SSSR count). The molecule has 0 fully saturated rings. The minimum absolute atomic E-state index is 0.185. The Morgan fingerprint density at radius 1 is 1.25 bits per heavy atom. The monoisotopic (exact) mass is 350 g/mol. The van der Waals surface area contributed by atoms with Crippen molar-refractivity contribution in [2.45, 2.75) is 6.92 Å². The predicted octanol–water partition coefficient (Wildman–Crippen LogP) is 2.41. The second-order valence-corrected chi connectivity index (χ2v) is 5.18. The summed E-state index contributed by atoms with van der Waals surface area (Å²) >= 11 is 5.94. The van der Waals surface area contributed by atoms with Crippen molar-refractivity contribution in [2.75, 3.05) is 25.5 Å². The molecule has 0 bridgehead atoms. The van der Waals surface area contributed by atoms with E-state index in [9.17, 15) is 14.4 Å². The van der Waals surface area contributed by atoms with E-state index in [0.717, 1.165) is 4.90 Å². The summed E-state index contributed by atoms with van der Waals surface area (Å²) in [7, 11) is 1.44. The number of rotatable bonds is 7. The number of carbonyl (C=O) groups is 3. The maximum absolute atomic E-state index is 11.9. The smallest absolute Gasteiger partial charge is 0.331 e. The molecule has 128 valence electrons. The number of hydrogen-bond acceptors (Lipinski definition) is 4. The van der Waals surface area contributed by atoms with Gasteiger partial charge in [0.2, 0.25) is 5.91 Å². The van der Waals surface area contributed by atoms with Crippen LogP contribution in [0.5, 0.6) is 0 Å². The number of halogens is 1. The van der Waals surface area contributed by atoms with E-state index in [2.05, 4.69) is 5.32 Å². The lowest BCUT2D eigenvalue weighted by Crippen LogP contribution is -2.37. The molecule has 0 saturated heterocycles. The fraction of sp³-hybridized carbons (Fsp3) is 0.235. The van der Waals surface area contributed by atoms with Crippen LogP contribution in [0, 0.1) is 0 Å². The Hall–Kier alpha value is -2.60. The number of ether oxygens (including phenoxy) is 1.